The summed E-state index contributed by atoms with van der Waals surface area (Å²) in [4.78, 5) is 21.4. The number of hydrogen-bond donors (Lipinski definition) is 0. The van der Waals surface area contributed by atoms with E-state index in [-0.39, 0.29) is 5.91 Å². The quantitative estimate of drug-likeness (QED) is 0.858. The van der Waals surface area contributed by atoms with E-state index in [4.69, 9.17) is 0 Å². The Morgan fingerprint density at radius 3 is 2.55 bits per heavy atom. The number of likely N-dealkylation sites (tertiary alicyclic amines) is 2. The molecular weight excluding hydrogens is 274 g/mol. The van der Waals surface area contributed by atoms with Crippen molar-refractivity contribution in [2.45, 2.75) is 51.0 Å². The van der Waals surface area contributed by atoms with Crippen LogP contribution in [0.1, 0.15) is 55.3 Å². The van der Waals surface area contributed by atoms with Gasteiger partial charge >= 0.3 is 0 Å². The lowest BCUT2D eigenvalue weighted by molar-refractivity contribution is 0.0579. The van der Waals surface area contributed by atoms with Gasteiger partial charge in [0.05, 0.1) is 0 Å². The number of aromatic nitrogens is 1. The highest BCUT2D eigenvalue weighted by Gasteiger charge is 2.27. The van der Waals surface area contributed by atoms with Crippen molar-refractivity contribution in [1.82, 2.24) is 14.8 Å². The number of carbonyl (C=O) groups is 1. The van der Waals surface area contributed by atoms with Crippen LogP contribution in [-0.4, -0.2) is 52.9 Å². The van der Waals surface area contributed by atoms with E-state index in [9.17, 15) is 4.79 Å². The third-order valence-corrected chi connectivity index (χ3v) is 5.04. The van der Waals surface area contributed by atoms with Gasteiger partial charge in [-0.15, -0.1) is 0 Å². The van der Waals surface area contributed by atoms with Crippen LogP contribution in [0.2, 0.25) is 0 Å². The van der Waals surface area contributed by atoms with E-state index in [2.05, 4.69) is 14.8 Å². The molecule has 0 bridgehead atoms. The molecule has 2 fully saturated rings. The Hall–Kier alpha value is -1.42. The molecule has 1 aromatic rings. The number of pyridine rings is 1. The monoisotopic (exact) mass is 301 g/mol. The van der Waals surface area contributed by atoms with Gasteiger partial charge in [-0.05, 0) is 63.7 Å². The molecule has 0 saturated carbocycles. The number of carbonyl (C=O) groups excluding carboxylic acids is 1. The van der Waals surface area contributed by atoms with Crippen LogP contribution in [0.15, 0.2) is 24.5 Å². The van der Waals surface area contributed by atoms with Gasteiger partial charge in [0.15, 0.2) is 0 Å². The van der Waals surface area contributed by atoms with Crippen molar-refractivity contribution in [2.24, 2.45) is 0 Å². The molecule has 0 aromatic carbocycles. The Kier molecular flexibility index (Phi) is 5.43. The molecule has 3 rings (SSSR count). The van der Waals surface area contributed by atoms with Crippen molar-refractivity contribution in [3.8, 4) is 0 Å². The second-order valence-corrected chi connectivity index (χ2v) is 6.58. The summed E-state index contributed by atoms with van der Waals surface area (Å²) in [6.07, 6.45) is 12.1. The molecular formula is C18H27N3O. The molecule has 2 aliphatic heterocycles. The van der Waals surface area contributed by atoms with E-state index in [0.717, 1.165) is 37.9 Å². The highest BCUT2D eigenvalue weighted by Crippen LogP contribution is 2.23. The van der Waals surface area contributed by atoms with Crippen molar-refractivity contribution < 1.29 is 4.79 Å². The Morgan fingerprint density at radius 1 is 1.05 bits per heavy atom. The minimum Gasteiger partial charge on any atom is -0.336 e. The topological polar surface area (TPSA) is 36.4 Å². The van der Waals surface area contributed by atoms with E-state index in [1.165, 1.54) is 38.8 Å². The molecule has 1 amide bonds. The molecule has 2 aliphatic rings. The second kappa shape index (κ2) is 7.73. The fraction of sp³-hybridized carbons (Fsp3) is 0.667. The van der Waals surface area contributed by atoms with Gasteiger partial charge in [-0.3, -0.25) is 9.78 Å². The summed E-state index contributed by atoms with van der Waals surface area (Å²) in [6, 6.07) is 4.08. The molecule has 1 unspecified atom stereocenters. The third kappa shape index (κ3) is 3.86. The van der Waals surface area contributed by atoms with E-state index in [0.29, 0.717) is 6.04 Å². The summed E-state index contributed by atoms with van der Waals surface area (Å²) >= 11 is 0. The zero-order valence-corrected chi connectivity index (χ0v) is 13.4. The maximum atomic E-state index is 12.7. The molecule has 0 N–H and O–H groups in total. The molecule has 4 heteroatoms. The van der Waals surface area contributed by atoms with Crippen molar-refractivity contribution >= 4 is 5.91 Å². The number of hydrogen-bond acceptors (Lipinski definition) is 3. The number of nitrogens with zero attached hydrogens (tertiary/aromatic N) is 3. The van der Waals surface area contributed by atoms with Crippen LogP contribution in [0.5, 0.6) is 0 Å². The van der Waals surface area contributed by atoms with E-state index < -0.39 is 0 Å². The first-order valence-electron chi connectivity index (χ1n) is 8.78. The lowest BCUT2D eigenvalue weighted by atomic mass is 9.97. The van der Waals surface area contributed by atoms with Crippen molar-refractivity contribution in [3.63, 3.8) is 0 Å². The SMILES string of the molecule is O=C(c1ccncc1)N1CCCCC1CCN1CCCCC1. The smallest absolute Gasteiger partial charge is 0.254 e. The Morgan fingerprint density at radius 2 is 1.77 bits per heavy atom. The minimum atomic E-state index is 0.186. The van der Waals surface area contributed by atoms with Gasteiger partial charge in [0.1, 0.15) is 0 Å². The fourth-order valence-corrected chi connectivity index (χ4v) is 3.74. The van der Waals surface area contributed by atoms with Crippen LogP contribution in [0, 0.1) is 0 Å². The van der Waals surface area contributed by atoms with Crippen LogP contribution in [0.4, 0.5) is 0 Å². The number of rotatable bonds is 4. The largest absolute Gasteiger partial charge is 0.336 e. The van der Waals surface area contributed by atoms with Crippen molar-refractivity contribution in [2.75, 3.05) is 26.2 Å². The second-order valence-electron chi connectivity index (χ2n) is 6.58. The molecule has 4 nitrogen and oxygen atoms in total. The third-order valence-electron chi connectivity index (χ3n) is 5.04. The molecule has 0 radical (unpaired) electrons. The highest BCUT2D eigenvalue weighted by molar-refractivity contribution is 5.94. The fourth-order valence-electron chi connectivity index (χ4n) is 3.74. The predicted octanol–water partition coefficient (Wildman–Crippen LogP) is 2.95. The highest BCUT2D eigenvalue weighted by atomic mass is 16.2. The van der Waals surface area contributed by atoms with Gasteiger partial charge in [-0.1, -0.05) is 6.42 Å². The molecule has 0 aliphatic carbocycles. The zero-order chi connectivity index (χ0) is 15.2. The number of piperidine rings is 2. The lowest BCUT2D eigenvalue weighted by Crippen LogP contribution is -2.45. The van der Waals surface area contributed by atoms with Gasteiger partial charge in [0.25, 0.3) is 5.91 Å². The van der Waals surface area contributed by atoms with E-state index in [1.807, 2.05) is 12.1 Å². The Balaban J connectivity index is 1.59. The minimum absolute atomic E-state index is 0.186. The predicted molar refractivity (Wildman–Crippen MR) is 87.8 cm³/mol. The van der Waals surface area contributed by atoms with Gasteiger partial charge in [-0.25, -0.2) is 0 Å². The van der Waals surface area contributed by atoms with Crippen LogP contribution < -0.4 is 0 Å². The zero-order valence-electron chi connectivity index (χ0n) is 13.4. The summed E-state index contributed by atoms with van der Waals surface area (Å²) < 4.78 is 0. The summed E-state index contributed by atoms with van der Waals surface area (Å²) in [7, 11) is 0. The maximum Gasteiger partial charge on any atom is 0.254 e. The summed E-state index contributed by atoms with van der Waals surface area (Å²) in [5.41, 5.74) is 0.778. The van der Waals surface area contributed by atoms with Crippen LogP contribution in [0.25, 0.3) is 0 Å². The van der Waals surface area contributed by atoms with Crippen LogP contribution >= 0.6 is 0 Å². The van der Waals surface area contributed by atoms with Gasteiger partial charge in [-0.2, -0.15) is 0 Å². The molecule has 120 valence electrons. The molecule has 1 aromatic heterocycles. The first-order chi connectivity index (χ1) is 10.8. The Bertz CT molecular complexity index is 470. The molecule has 3 heterocycles. The average Bonchev–Trinajstić information content (AvgIpc) is 2.61. The first-order valence-corrected chi connectivity index (χ1v) is 8.78. The first kappa shape index (κ1) is 15.5. The van der Waals surface area contributed by atoms with Gasteiger partial charge in [0.2, 0.25) is 0 Å². The summed E-state index contributed by atoms with van der Waals surface area (Å²) in [5.74, 6) is 0.186. The molecule has 1 atom stereocenters. The normalized spacial score (nSPS) is 23.5. The van der Waals surface area contributed by atoms with Gasteiger partial charge in [0, 0.05) is 37.1 Å². The Labute approximate surface area is 133 Å². The van der Waals surface area contributed by atoms with Crippen LogP contribution in [0.3, 0.4) is 0 Å². The van der Waals surface area contributed by atoms with E-state index >= 15 is 0 Å². The molecule has 2 saturated heterocycles. The molecule has 0 spiro atoms. The lowest BCUT2D eigenvalue weighted by Gasteiger charge is -2.37. The standard InChI is InChI=1S/C18H27N3O/c22-18(16-7-10-19-11-8-16)21-14-5-2-6-17(21)9-15-20-12-3-1-4-13-20/h7-8,10-11,17H,1-6,9,12-15H2. The van der Waals surface area contributed by atoms with Crippen LogP contribution in [-0.2, 0) is 0 Å². The van der Waals surface area contributed by atoms with Crippen molar-refractivity contribution in [3.05, 3.63) is 30.1 Å². The maximum absolute atomic E-state index is 12.7. The molecule has 22 heavy (non-hydrogen) atoms. The average molecular weight is 301 g/mol. The summed E-state index contributed by atoms with van der Waals surface area (Å²) in [5, 5.41) is 0. The van der Waals surface area contributed by atoms with E-state index in [1.54, 1.807) is 12.4 Å². The summed E-state index contributed by atoms with van der Waals surface area (Å²) in [6.45, 7) is 4.53. The number of amides is 1. The van der Waals surface area contributed by atoms with Crippen molar-refractivity contribution in [1.29, 1.82) is 0 Å². The van der Waals surface area contributed by atoms with Gasteiger partial charge < -0.3 is 9.80 Å².